The van der Waals surface area contributed by atoms with Crippen LogP contribution in [-0.2, 0) is 0 Å². The van der Waals surface area contributed by atoms with E-state index in [-0.39, 0.29) is 0 Å². The molecule has 2 rings (SSSR count). The van der Waals surface area contributed by atoms with Crippen LogP contribution in [0, 0.1) is 6.92 Å². The topological polar surface area (TPSA) is 37.5 Å². The molecule has 76 valence electrons. The number of nitrogens with one attached hydrogen (secondary N) is 1. The van der Waals surface area contributed by atoms with Crippen LogP contribution in [0.2, 0.25) is 0 Å². The normalized spacial score (nSPS) is 10.7. The Kier molecular flexibility index (Phi) is 2.83. The van der Waals surface area contributed by atoms with Gasteiger partial charge >= 0.3 is 0 Å². The van der Waals surface area contributed by atoms with Gasteiger partial charge in [-0.2, -0.15) is 5.10 Å². The van der Waals surface area contributed by atoms with Crippen molar-refractivity contribution in [2.24, 2.45) is 5.10 Å². The number of anilines is 1. The monoisotopic (exact) mass is 200 g/mol. The van der Waals surface area contributed by atoms with Crippen LogP contribution in [-0.4, -0.2) is 6.21 Å². The van der Waals surface area contributed by atoms with Crippen LogP contribution in [0.5, 0.6) is 0 Å². The molecule has 0 fully saturated rings. The molecule has 0 unspecified atom stereocenters. The maximum atomic E-state index is 5.11. The molecular formula is C12H12N2O. The Hall–Kier alpha value is -2.03. The van der Waals surface area contributed by atoms with E-state index in [1.807, 2.05) is 43.3 Å². The molecular weight excluding hydrogens is 188 g/mol. The molecule has 0 saturated heterocycles. The van der Waals surface area contributed by atoms with Gasteiger partial charge in [-0.1, -0.05) is 18.2 Å². The van der Waals surface area contributed by atoms with Crippen molar-refractivity contribution in [3.8, 4) is 0 Å². The summed E-state index contributed by atoms with van der Waals surface area (Å²) in [4.78, 5) is 0. The first-order valence-electron chi connectivity index (χ1n) is 4.74. The molecule has 0 amide bonds. The van der Waals surface area contributed by atoms with Crippen LogP contribution in [0.4, 0.5) is 5.69 Å². The lowest BCUT2D eigenvalue weighted by Gasteiger charge is -2.02. The number of nitrogens with zero attached hydrogens (tertiary/aromatic N) is 1. The number of rotatable bonds is 3. The molecule has 1 aromatic heterocycles. The molecule has 0 radical (unpaired) electrons. The maximum absolute atomic E-state index is 5.11. The van der Waals surface area contributed by atoms with Gasteiger partial charge in [-0.05, 0) is 30.7 Å². The van der Waals surface area contributed by atoms with Crippen molar-refractivity contribution in [2.75, 3.05) is 5.43 Å². The van der Waals surface area contributed by atoms with Gasteiger partial charge in [-0.25, -0.2) is 0 Å². The van der Waals surface area contributed by atoms with E-state index < -0.39 is 0 Å². The minimum Gasteiger partial charge on any atom is -0.463 e. The second-order valence-electron chi connectivity index (χ2n) is 3.20. The standard InChI is InChI=1S/C12H12N2O/c1-10-5-2-3-7-12(10)14-13-9-11-6-4-8-15-11/h2-9,14H,1H3. The molecule has 0 aliphatic heterocycles. The van der Waals surface area contributed by atoms with Gasteiger partial charge in [-0.15, -0.1) is 0 Å². The minimum atomic E-state index is 0.732. The summed E-state index contributed by atoms with van der Waals surface area (Å²) in [5, 5.41) is 4.08. The lowest BCUT2D eigenvalue weighted by molar-refractivity contribution is 0.560. The highest BCUT2D eigenvalue weighted by Gasteiger charge is 1.93. The van der Waals surface area contributed by atoms with E-state index in [1.165, 1.54) is 0 Å². The molecule has 1 aromatic carbocycles. The molecule has 0 spiro atoms. The highest BCUT2D eigenvalue weighted by Crippen LogP contribution is 2.12. The molecule has 0 aliphatic rings. The SMILES string of the molecule is Cc1ccccc1NN=Cc1ccco1. The van der Waals surface area contributed by atoms with Crippen molar-refractivity contribution in [3.05, 3.63) is 54.0 Å². The van der Waals surface area contributed by atoms with Gasteiger partial charge in [0.1, 0.15) is 5.76 Å². The zero-order valence-corrected chi connectivity index (χ0v) is 8.47. The fraction of sp³-hybridized carbons (Fsp3) is 0.0833. The van der Waals surface area contributed by atoms with Gasteiger partial charge in [0.2, 0.25) is 0 Å². The lowest BCUT2D eigenvalue weighted by Crippen LogP contribution is -1.91. The number of hydrazone groups is 1. The summed E-state index contributed by atoms with van der Waals surface area (Å²) in [5.74, 6) is 0.732. The number of furan rings is 1. The average Bonchev–Trinajstić information content (AvgIpc) is 2.74. The first-order chi connectivity index (χ1) is 7.36. The third kappa shape index (κ3) is 2.47. The highest BCUT2D eigenvalue weighted by atomic mass is 16.3. The number of hydrogen-bond donors (Lipinski definition) is 1. The van der Waals surface area contributed by atoms with Crippen molar-refractivity contribution in [1.82, 2.24) is 0 Å². The van der Waals surface area contributed by atoms with Crippen LogP contribution in [0.25, 0.3) is 0 Å². The molecule has 0 saturated carbocycles. The minimum absolute atomic E-state index is 0.732. The van der Waals surface area contributed by atoms with Crippen LogP contribution in [0.15, 0.2) is 52.2 Å². The first-order valence-corrected chi connectivity index (χ1v) is 4.74. The third-order valence-corrected chi connectivity index (χ3v) is 2.07. The zero-order chi connectivity index (χ0) is 10.5. The predicted octanol–water partition coefficient (Wildman–Crippen LogP) is 3.03. The van der Waals surface area contributed by atoms with E-state index in [0.29, 0.717) is 0 Å². The quantitative estimate of drug-likeness (QED) is 0.610. The Bertz CT molecular complexity index is 446. The van der Waals surface area contributed by atoms with Crippen LogP contribution >= 0.6 is 0 Å². The Balaban J connectivity index is 2.02. The van der Waals surface area contributed by atoms with Gasteiger partial charge in [0.05, 0.1) is 18.2 Å². The first kappa shape index (κ1) is 9.52. The highest BCUT2D eigenvalue weighted by molar-refractivity contribution is 5.76. The van der Waals surface area contributed by atoms with Gasteiger partial charge in [0.15, 0.2) is 0 Å². The van der Waals surface area contributed by atoms with Crippen LogP contribution < -0.4 is 5.43 Å². The third-order valence-electron chi connectivity index (χ3n) is 2.07. The van der Waals surface area contributed by atoms with E-state index in [0.717, 1.165) is 17.0 Å². The summed E-state index contributed by atoms with van der Waals surface area (Å²) < 4.78 is 5.11. The Morgan fingerprint density at radius 1 is 1.20 bits per heavy atom. The van der Waals surface area contributed by atoms with E-state index in [9.17, 15) is 0 Å². The molecule has 0 atom stereocenters. The van der Waals surface area contributed by atoms with Crippen LogP contribution in [0.1, 0.15) is 11.3 Å². The molecule has 0 aliphatic carbocycles. The summed E-state index contributed by atoms with van der Waals surface area (Å²) in [7, 11) is 0. The van der Waals surface area contributed by atoms with E-state index >= 15 is 0 Å². The molecule has 3 nitrogen and oxygen atoms in total. The number of para-hydroxylation sites is 1. The summed E-state index contributed by atoms with van der Waals surface area (Å²) >= 11 is 0. The largest absolute Gasteiger partial charge is 0.463 e. The van der Waals surface area contributed by atoms with E-state index in [4.69, 9.17) is 4.42 Å². The second kappa shape index (κ2) is 4.46. The lowest BCUT2D eigenvalue weighted by atomic mass is 10.2. The van der Waals surface area contributed by atoms with Crippen molar-refractivity contribution < 1.29 is 4.42 Å². The van der Waals surface area contributed by atoms with Gasteiger partial charge in [-0.3, -0.25) is 5.43 Å². The number of hydrogen-bond acceptors (Lipinski definition) is 3. The molecule has 15 heavy (non-hydrogen) atoms. The fourth-order valence-electron chi connectivity index (χ4n) is 1.23. The van der Waals surface area contributed by atoms with Gasteiger partial charge in [0, 0.05) is 0 Å². The number of aryl methyl sites for hydroxylation is 1. The molecule has 1 N–H and O–H groups in total. The molecule has 2 aromatic rings. The van der Waals surface area contributed by atoms with Crippen molar-refractivity contribution in [1.29, 1.82) is 0 Å². The summed E-state index contributed by atoms with van der Waals surface area (Å²) in [6.45, 7) is 2.03. The van der Waals surface area contributed by atoms with Gasteiger partial charge in [0.25, 0.3) is 0 Å². The molecule has 3 heteroatoms. The Morgan fingerprint density at radius 3 is 2.80 bits per heavy atom. The molecule has 1 heterocycles. The smallest absolute Gasteiger partial charge is 0.146 e. The average molecular weight is 200 g/mol. The van der Waals surface area contributed by atoms with Gasteiger partial charge < -0.3 is 4.42 Å². The van der Waals surface area contributed by atoms with Crippen LogP contribution in [0.3, 0.4) is 0 Å². The predicted molar refractivity (Wildman–Crippen MR) is 61.1 cm³/mol. The fourth-order valence-corrected chi connectivity index (χ4v) is 1.23. The Morgan fingerprint density at radius 2 is 2.07 bits per heavy atom. The second-order valence-corrected chi connectivity index (χ2v) is 3.20. The van der Waals surface area contributed by atoms with Crippen molar-refractivity contribution >= 4 is 11.9 Å². The summed E-state index contributed by atoms with van der Waals surface area (Å²) in [6.07, 6.45) is 3.27. The van der Waals surface area contributed by atoms with Crippen molar-refractivity contribution in [2.45, 2.75) is 6.92 Å². The summed E-state index contributed by atoms with van der Waals surface area (Å²) in [5.41, 5.74) is 5.12. The van der Waals surface area contributed by atoms with E-state index in [2.05, 4.69) is 10.5 Å². The number of benzene rings is 1. The Labute approximate surface area is 88.4 Å². The maximum Gasteiger partial charge on any atom is 0.146 e. The van der Waals surface area contributed by atoms with Crippen molar-refractivity contribution in [3.63, 3.8) is 0 Å². The van der Waals surface area contributed by atoms with E-state index in [1.54, 1.807) is 12.5 Å². The molecule has 0 bridgehead atoms. The summed E-state index contributed by atoms with van der Waals surface area (Å²) in [6, 6.07) is 11.7. The zero-order valence-electron chi connectivity index (χ0n) is 8.47.